The maximum atomic E-state index is 14.1. The van der Waals surface area contributed by atoms with E-state index in [2.05, 4.69) is 15.2 Å². The molecule has 1 aromatic carbocycles. The van der Waals surface area contributed by atoms with Crippen molar-refractivity contribution in [2.24, 2.45) is 0 Å². The summed E-state index contributed by atoms with van der Waals surface area (Å²) in [6.07, 6.45) is 3.29. The standard InChI is InChI=1S/C14H10ClFN4/c15-9-4-1-5-10(16)12(9)13-11(14(17)20-19-13)8-3-2-6-18-7-8/h1-7H,(H3,17,19,20). The summed E-state index contributed by atoms with van der Waals surface area (Å²) < 4.78 is 14.1. The van der Waals surface area contributed by atoms with Crippen LogP contribution in [0, 0.1) is 5.82 Å². The number of anilines is 1. The second kappa shape index (κ2) is 4.94. The summed E-state index contributed by atoms with van der Waals surface area (Å²) in [5, 5.41) is 6.99. The molecule has 0 saturated carbocycles. The largest absolute Gasteiger partial charge is 0.382 e. The molecule has 3 aromatic rings. The van der Waals surface area contributed by atoms with Crippen molar-refractivity contribution >= 4 is 17.4 Å². The second-order valence-corrected chi connectivity index (χ2v) is 4.60. The van der Waals surface area contributed by atoms with Gasteiger partial charge < -0.3 is 5.73 Å². The number of pyridine rings is 1. The second-order valence-electron chi connectivity index (χ2n) is 4.20. The predicted octanol–water partition coefficient (Wildman–Crippen LogP) is 3.51. The van der Waals surface area contributed by atoms with Gasteiger partial charge in [-0.05, 0) is 18.2 Å². The summed E-state index contributed by atoms with van der Waals surface area (Å²) >= 11 is 6.09. The normalized spacial score (nSPS) is 10.7. The fraction of sp³-hybridized carbons (Fsp3) is 0. The summed E-state index contributed by atoms with van der Waals surface area (Å²) in [5.41, 5.74) is 7.90. The molecule has 3 rings (SSSR count). The van der Waals surface area contributed by atoms with Crippen LogP contribution < -0.4 is 5.73 Å². The number of aromatic amines is 1. The monoisotopic (exact) mass is 288 g/mol. The minimum absolute atomic E-state index is 0.247. The lowest BCUT2D eigenvalue weighted by atomic mass is 10.0. The Bertz CT molecular complexity index is 735. The Balaban J connectivity index is 2.27. The average Bonchev–Trinajstić information content (AvgIpc) is 2.81. The van der Waals surface area contributed by atoms with E-state index in [1.807, 2.05) is 6.07 Å². The number of nitrogens with one attached hydrogen (secondary N) is 1. The lowest BCUT2D eigenvalue weighted by Gasteiger charge is -2.07. The van der Waals surface area contributed by atoms with Gasteiger partial charge in [-0.3, -0.25) is 10.1 Å². The Morgan fingerprint density at radius 2 is 2.00 bits per heavy atom. The third-order valence-electron chi connectivity index (χ3n) is 2.96. The van der Waals surface area contributed by atoms with Crippen LogP contribution in [0.4, 0.5) is 10.2 Å². The molecule has 6 heteroatoms. The summed E-state index contributed by atoms with van der Waals surface area (Å²) in [4.78, 5) is 4.04. The van der Waals surface area contributed by atoms with Crippen LogP contribution in [0.25, 0.3) is 22.4 Å². The first kappa shape index (κ1) is 12.6. The molecule has 0 spiro atoms. The molecule has 2 heterocycles. The topological polar surface area (TPSA) is 67.6 Å². The van der Waals surface area contributed by atoms with Gasteiger partial charge in [0.1, 0.15) is 5.82 Å². The van der Waals surface area contributed by atoms with Crippen molar-refractivity contribution in [1.82, 2.24) is 15.2 Å². The molecule has 0 radical (unpaired) electrons. The van der Waals surface area contributed by atoms with Crippen LogP contribution in [0.15, 0.2) is 42.7 Å². The quantitative estimate of drug-likeness (QED) is 0.758. The zero-order chi connectivity index (χ0) is 14.1. The number of H-pyrrole nitrogens is 1. The number of nitrogens with zero attached hydrogens (tertiary/aromatic N) is 2. The average molecular weight is 289 g/mol. The van der Waals surface area contributed by atoms with Gasteiger partial charge in [0.25, 0.3) is 0 Å². The number of aromatic nitrogens is 3. The molecule has 20 heavy (non-hydrogen) atoms. The van der Waals surface area contributed by atoms with E-state index in [9.17, 15) is 4.39 Å². The molecule has 0 fully saturated rings. The molecule has 0 bridgehead atoms. The van der Waals surface area contributed by atoms with Gasteiger partial charge in [0.15, 0.2) is 5.82 Å². The molecular formula is C14H10ClFN4. The van der Waals surface area contributed by atoms with Crippen LogP contribution in [0.3, 0.4) is 0 Å². The SMILES string of the molecule is Nc1n[nH]c(-c2c(F)cccc2Cl)c1-c1cccnc1. The highest BCUT2D eigenvalue weighted by Crippen LogP contribution is 2.38. The molecule has 0 aliphatic heterocycles. The molecule has 3 N–H and O–H groups in total. The Morgan fingerprint density at radius 1 is 1.15 bits per heavy atom. The van der Waals surface area contributed by atoms with Crippen molar-refractivity contribution in [1.29, 1.82) is 0 Å². The van der Waals surface area contributed by atoms with E-state index in [0.29, 0.717) is 16.3 Å². The van der Waals surface area contributed by atoms with Gasteiger partial charge >= 0.3 is 0 Å². The fourth-order valence-corrected chi connectivity index (χ4v) is 2.33. The number of benzene rings is 1. The maximum Gasteiger partial charge on any atom is 0.153 e. The highest BCUT2D eigenvalue weighted by molar-refractivity contribution is 6.33. The number of rotatable bonds is 2. The van der Waals surface area contributed by atoms with Gasteiger partial charge in [0, 0.05) is 18.0 Å². The first-order chi connectivity index (χ1) is 9.68. The number of hydrogen-bond acceptors (Lipinski definition) is 3. The van der Waals surface area contributed by atoms with Crippen LogP contribution >= 0.6 is 11.6 Å². The van der Waals surface area contributed by atoms with E-state index < -0.39 is 5.82 Å². The minimum Gasteiger partial charge on any atom is -0.382 e. The van der Waals surface area contributed by atoms with Crippen LogP contribution in [-0.2, 0) is 0 Å². The van der Waals surface area contributed by atoms with E-state index >= 15 is 0 Å². The minimum atomic E-state index is -0.439. The third-order valence-corrected chi connectivity index (χ3v) is 3.27. The van der Waals surface area contributed by atoms with Gasteiger partial charge in [-0.1, -0.05) is 23.7 Å². The summed E-state index contributed by atoms with van der Waals surface area (Å²) in [6, 6.07) is 8.10. The molecule has 2 aromatic heterocycles. The van der Waals surface area contributed by atoms with Gasteiger partial charge in [0.05, 0.1) is 21.8 Å². The highest BCUT2D eigenvalue weighted by Gasteiger charge is 2.19. The van der Waals surface area contributed by atoms with Crippen LogP contribution in [-0.4, -0.2) is 15.2 Å². The highest BCUT2D eigenvalue weighted by atomic mass is 35.5. The van der Waals surface area contributed by atoms with E-state index in [1.165, 1.54) is 6.07 Å². The first-order valence-electron chi connectivity index (χ1n) is 5.87. The third kappa shape index (κ3) is 2.02. The molecule has 4 nitrogen and oxygen atoms in total. The van der Waals surface area contributed by atoms with Gasteiger partial charge in [-0.25, -0.2) is 4.39 Å². The van der Waals surface area contributed by atoms with Gasteiger partial charge in [-0.15, -0.1) is 0 Å². The smallest absolute Gasteiger partial charge is 0.153 e. The zero-order valence-electron chi connectivity index (χ0n) is 10.3. The Kier molecular flexibility index (Phi) is 3.12. The van der Waals surface area contributed by atoms with Crippen LogP contribution in [0.1, 0.15) is 0 Å². The molecule has 0 atom stereocenters. The van der Waals surface area contributed by atoms with E-state index in [0.717, 1.165) is 5.56 Å². The van der Waals surface area contributed by atoms with Crippen molar-refractivity contribution in [2.45, 2.75) is 0 Å². The number of hydrogen-bond donors (Lipinski definition) is 2. The molecular weight excluding hydrogens is 279 g/mol. The Hall–Kier alpha value is -2.40. The van der Waals surface area contributed by atoms with Crippen molar-refractivity contribution in [3.8, 4) is 22.4 Å². The molecule has 0 aliphatic carbocycles. The fourth-order valence-electron chi connectivity index (χ4n) is 2.08. The van der Waals surface area contributed by atoms with Gasteiger partial charge in [-0.2, -0.15) is 5.10 Å². The van der Waals surface area contributed by atoms with E-state index in [-0.39, 0.29) is 11.4 Å². The van der Waals surface area contributed by atoms with E-state index in [1.54, 1.807) is 30.6 Å². The predicted molar refractivity (Wildman–Crippen MR) is 76.6 cm³/mol. The van der Waals surface area contributed by atoms with Crippen molar-refractivity contribution in [3.63, 3.8) is 0 Å². The number of nitrogen functional groups attached to an aromatic ring is 1. The maximum absolute atomic E-state index is 14.1. The number of nitrogens with two attached hydrogens (primary N) is 1. The molecule has 0 amide bonds. The summed E-state index contributed by atoms with van der Waals surface area (Å²) in [6.45, 7) is 0. The van der Waals surface area contributed by atoms with Crippen molar-refractivity contribution in [3.05, 3.63) is 53.6 Å². The zero-order valence-corrected chi connectivity index (χ0v) is 11.0. The first-order valence-corrected chi connectivity index (χ1v) is 6.25. The lowest BCUT2D eigenvalue weighted by molar-refractivity contribution is 0.631. The van der Waals surface area contributed by atoms with Gasteiger partial charge in [0.2, 0.25) is 0 Å². The lowest BCUT2D eigenvalue weighted by Crippen LogP contribution is -1.91. The van der Waals surface area contributed by atoms with Crippen LogP contribution in [0.5, 0.6) is 0 Å². The van der Waals surface area contributed by atoms with Crippen LogP contribution in [0.2, 0.25) is 5.02 Å². The summed E-state index contributed by atoms with van der Waals surface area (Å²) in [5.74, 6) is -0.168. The molecule has 0 aliphatic rings. The molecule has 0 saturated heterocycles. The van der Waals surface area contributed by atoms with Crippen molar-refractivity contribution < 1.29 is 4.39 Å². The Labute approximate surface area is 119 Å². The van der Waals surface area contributed by atoms with Crippen molar-refractivity contribution in [2.75, 3.05) is 5.73 Å². The van der Waals surface area contributed by atoms with E-state index in [4.69, 9.17) is 17.3 Å². The molecule has 0 unspecified atom stereocenters. The summed E-state index contributed by atoms with van der Waals surface area (Å²) in [7, 11) is 0. The number of halogens is 2. The Morgan fingerprint density at radius 3 is 2.70 bits per heavy atom. The molecule has 100 valence electrons.